The lowest BCUT2D eigenvalue weighted by Crippen LogP contribution is -2.08. The van der Waals surface area contributed by atoms with Crippen molar-refractivity contribution in [1.82, 2.24) is 4.98 Å². The van der Waals surface area contributed by atoms with Crippen molar-refractivity contribution < 1.29 is 9.53 Å². The van der Waals surface area contributed by atoms with Gasteiger partial charge in [-0.1, -0.05) is 34.8 Å². The minimum absolute atomic E-state index is 0.0953. The first-order valence-corrected chi connectivity index (χ1v) is 6.81. The number of carbonyl (C=O) groups is 1. The van der Waals surface area contributed by atoms with E-state index < -0.39 is 0 Å². The normalized spacial score (nSPS) is 10.4. The van der Waals surface area contributed by atoms with Gasteiger partial charge in [0.05, 0.1) is 17.2 Å². The van der Waals surface area contributed by atoms with Gasteiger partial charge >= 0.3 is 0 Å². The van der Waals surface area contributed by atoms with Gasteiger partial charge in [-0.2, -0.15) is 0 Å². The molecule has 1 aromatic heterocycles. The molecule has 0 aliphatic rings. The van der Waals surface area contributed by atoms with Crippen molar-refractivity contribution in [2.75, 3.05) is 7.11 Å². The maximum atomic E-state index is 12.2. The summed E-state index contributed by atoms with van der Waals surface area (Å²) < 4.78 is 5.20. The molecule has 3 nitrogen and oxygen atoms in total. The Labute approximate surface area is 131 Å². The fourth-order valence-electron chi connectivity index (χ4n) is 1.76. The number of Topliss-reactive ketones (excluding diaryl/α,β-unsaturated/α-hetero) is 1. The van der Waals surface area contributed by atoms with E-state index in [1.807, 2.05) is 0 Å². The molecule has 0 aliphatic carbocycles. The molecule has 1 heterocycles. The predicted molar refractivity (Wildman–Crippen MR) is 80.3 cm³/mol. The third-order valence-corrected chi connectivity index (χ3v) is 3.40. The molecule has 0 aliphatic heterocycles. The molecule has 0 saturated heterocycles. The van der Waals surface area contributed by atoms with Crippen molar-refractivity contribution in [3.63, 3.8) is 0 Å². The second-order valence-corrected chi connectivity index (χ2v) is 5.32. The first-order chi connectivity index (χ1) is 9.51. The minimum Gasteiger partial charge on any atom is -0.496 e. The fraction of sp³-hybridized carbons (Fsp3) is 0.143. The van der Waals surface area contributed by atoms with Crippen LogP contribution in [0.1, 0.15) is 16.1 Å². The van der Waals surface area contributed by atoms with E-state index in [0.29, 0.717) is 21.4 Å². The maximum Gasteiger partial charge on any atom is 0.187 e. The highest BCUT2D eigenvalue weighted by atomic mass is 35.5. The Morgan fingerprint density at radius 1 is 1.20 bits per heavy atom. The zero-order valence-electron chi connectivity index (χ0n) is 10.5. The Balaban J connectivity index is 2.30. The Morgan fingerprint density at radius 3 is 2.60 bits per heavy atom. The number of benzene rings is 1. The van der Waals surface area contributed by atoms with E-state index in [9.17, 15) is 4.79 Å². The predicted octanol–water partition coefficient (Wildman–Crippen LogP) is 4.48. The number of rotatable bonds is 4. The van der Waals surface area contributed by atoms with Gasteiger partial charge in [0.2, 0.25) is 0 Å². The fourth-order valence-corrected chi connectivity index (χ4v) is 2.44. The van der Waals surface area contributed by atoms with E-state index >= 15 is 0 Å². The number of ether oxygens (including phenoxy) is 1. The summed E-state index contributed by atoms with van der Waals surface area (Å²) >= 11 is 17.7. The number of carbonyl (C=O) groups excluding carboxylic acids is 1. The van der Waals surface area contributed by atoms with Crippen molar-refractivity contribution in [2.24, 2.45) is 0 Å². The number of hydrogen-bond acceptors (Lipinski definition) is 3. The average Bonchev–Trinajstić information content (AvgIpc) is 2.38. The Kier molecular flexibility index (Phi) is 4.86. The first-order valence-electron chi connectivity index (χ1n) is 5.68. The van der Waals surface area contributed by atoms with Gasteiger partial charge in [0, 0.05) is 23.2 Å². The zero-order chi connectivity index (χ0) is 14.7. The molecule has 6 heteroatoms. The van der Waals surface area contributed by atoms with Crippen LogP contribution in [0.15, 0.2) is 30.5 Å². The van der Waals surface area contributed by atoms with Crippen LogP contribution >= 0.6 is 34.8 Å². The third kappa shape index (κ3) is 3.42. The van der Waals surface area contributed by atoms with Crippen LogP contribution in [-0.2, 0) is 6.42 Å². The van der Waals surface area contributed by atoms with Crippen LogP contribution in [0.25, 0.3) is 0 Å². The van der Waals surface area contributed by atoms with Gasteiger partial charge in [-0.3, -0.25) is 4.79 Å². The molecule has 0 N–H and O–H groups in total. The molecule has 1 aromatic carbocycles. The largest absolute Gasteiger partial charge is 0.496 e. The summed E-state index contributed by atoms with van der Waals surface area (Å²) in [4.78, 5) is 16.2. The van der Waals surface area contributed by atoms with Gasteiger partial charge < -0.3 is 4.74 Å². The second-order valence-electron chi connectivity index (χ2n) is 4.04. The monoisotopic (exact) mass is 329 g/mol. The number of nitrogens with zero attached hydrogens (tertiary/aromatic N) is 1. The smallest absolute Gasteiger partial charge is 0.187 e. The molecule has 0 atom stereocenters. The van der Waals surface area contributed by atoms with Crippen LogP contribution in [0.2, 0.25) is 15.1 Å². The van der Waals surface area contributed by atoms with E-state index in [-0.39, 0.29) is 22.9 Å². The molecule has 0 amide bonds. The van der Waals surface area contributed by atoms with E-state index in [4.69, 9.17) is 39.5 Å². The summed E-state index contributed by atoms with van der Waals surface area (Å²) in [5, 5.41) is 1.14. The van der Waals surface area contributed by atoms with E-state index in [1.165, 1.54) is 19.4 Å². The second kappa shape index (κ2) is 6.44. The van der Waals surface area contributed by atoms with E-state index in [1.54, 1.807) is 18.2 Å². The number of halogens is 3. The molecule has 0 saturated carbocycles. The van der Waals surface area contributed by atoms with Gasteiger partial charge in [0.15, 0.2) is 5.78 Å². The van der Waals surface area contributed by atoms with Gasteiger partial charge in [0.25, 0.3) is 0 Å². The van der Waals surface area contributed by atoms with Crippen molar-refractivity contribution in [1.29, 1.82) is 0 Å². The molecule has 0 bridgehead atoms. The van der Waals surface area contributed by atoms with Crippen LogP contribution in [0.3, 0.4) is 0 Å². The van der Waals surface area contributed by atoms with Crippen molar-refractivity contribution in [3.05, 3.63) is 56.8 Å². The highest BCUT2D eigenvalue weighted by Crippen LogP contribution is 2.25. The van der Waals surface area contributed by atoms with Crippen molar-refractivity contribution >= 4 is 40.6 Å². The topological polar surface area (TPSA) is 39.2 Å². The van der Waals surface area contributed by atoms with Crippen molar-refractivity contribution in [2.45, 2.75) is 6.42 Å². The lowest BCUT2D eigenvalue weighted by Gasteiger charge is -2.08. The van der Waals surface area contributed by atoms with Crippen LogP contribution in [0.4, 0.5) is 0 Å². The zero-order valence-corrected chi connectivity index (χ0v) is 12.8. The lowest BCUT2D eigenvalue weighted by molar-refractivity contribution is 0.0987. The summed E-state index contributed by atoms with van der Waals surface area (Å²) in [7, 11) is 1.53. The molecule has 0 spiro atoms. The standard InChI is InChI=1S/C14H10Cl3NO2/c1-20-13-3-2-9(15)4-8(13)5-12(19)14-11(17)6-10(16)7-18-14/h2-4,6-7H,5H2,1H3. The number of hydrogen-bond donors (Lipinski definition) is 0. The molecule has 2 aromatic rings. The quantitative estimate of drug-likeness (QED) is 0.776. The molecule has 0 unspecified atom stereocenters. The maximum absolute atomic E-state index is 12.2. The number of ketones is 1. The van der Waals surface area contributed by atoms with E-state index in [0.717, 1.165) is 0 Å². The number of pyridine rings is 1. The molecule has 20 heavy (non-hydrogen) atoms. The van der Waals surface area contributed by atoms with Crippen LogP contribution in [0, 0.1) is 0 Å². The van der Waals surface area contributed by atoms with E-state index in [2.05, 4.69) is 4.98 Å². The Morgan fingerprint density at radius 2 is 1.95 bits per heavy atom. The Bertz CT molecular complexity index is 659. The summed E-state index contributed by atoms with van der Waals surface area (Å²) in [5.74, 6) is 0.361. The summed E-state index contributed by atoms with van der Waals surface area (Å²) in [6.45, 7) is 0. The van der Waals surface area contributed by atoms with Crippen LogP contribution in [-0.4, -0.2) is 17.9 Å². The molecular weight excluding hydrogens is 321 g/mol. The Hall–Kier alpha value is -1.29. The molecule has 0 fully saturated rings. The van der Waals surface area contributed by atoms with Gasteiger partial charge in [-0.25, -0.2) is 4.98 Å². The molecular formula is C14H10Cl3NO2. The summed E-state index contributed by atoms with van der Waals surface area (Å²) in [5.41, 5.74) is 0.857. The van der Waals surface area contributed by atoms with Gasteiger partial charge in [-0.15, -0.1) is 0 Å². The first kappa shape index (κ1) is 15.1. The molecule has 0 radical (unpaired) electrons. The summed E-state index contributed by atoms with van der Waals surface area (Å²) in [6, 6.07) is 6.57. The van der Waals surface area contributed by atoms with Crippen molar-refractivity contribution in [3.8, 4) is 5.75 Å². The molecule has 2 rings (SSSR count). The SMILES string of the molecule is COc1ccc(Cl)cc1CC(=O)c1ncc(Cl)cc1Cl. The molecule has 104 valence electrons. The lowest BCUT2D eigenvalue weighted by atomic mass is 10.1. The van der Waals surface area contributed by atoms with Crippen LogP contribution < -0.4 is 4.74 Å². The highest BCUT2D eigenvalue weighted by Gasteiger charge is 2.16. The van der Waals surface area contributed by atoms with Gasteiger partial charge in [0.1, 0.15) is 11.4 Å². The van der Waals surface area contributed by atoms with Gasteiger partial charge in [-0.05, 0) is 24.3 Å². The van der Waals surface area contributed by atoms with Crippen LogP contribution in [0.5, 0.6) is 5.75 Å². The highest BCUT2D eigenvalue weighted by molar-refractivity contribution is 6.36. The number of aromatic nitrogens is 1. The number of methoxy groups -OCH3 is 1. The summed E-state index contributed by atoms with van der Waals surface area (Å²) in [6.07, 6.45) is 1.48. The average molecular weight is 331 g/mol. The third-order valence-electron chi connectivity index (χ3n) is 2.67. The minimum atomic E-state index is -0.229.